The van der Waals surface area contributed by atoms with Crippen LogP contribution in [0.2, 0.25) is 0 Å². The maximum atomic E-state index is 14.2. The highest BCUT2D eigenvalue weighted by atomic mass is 35.5. The van der Waals surface area contributed by atoms with Gasteiger partial charge in [0.05, 0.1) is 12.0 Å². The Morgan fingerprint density at radius 1 is 0.505 bits per heavy atom. The number of anilines is 1. The lowest BCUT2D eigenvalue weighted by atomic mass is 9.89. The second kappa shape index (κ2) is 47.2. The first-order valence-corrected chi connectivity index (χ1v) is 39.1. The number of carboxylic acid groups (broad SMARTS) is 1. The lowest BCUT2D eigenvalue weighted by Crippen LogP contribution is -2.55. The van der Waals surface area contributed by atoms with Crippen molar-refractivity contribution in [2.24, 2.45) is 5.73 Å². The molecule has 1 heterocycles. The lowest BCUT2D eigenvalue weighted by molar-refractivity contribution is -0.255. The summed E-state index contributed by atoms with van der Waals surface area (Å²) in [6, 6.07) is 24.7. The molecule has 24 heteroatoms. The number of aromatic carboxylic acids is 1. The third kappa shape index (κ3) is 30.7. The van der Waals surface area contributed by atoms with Gasteiger partial charge in [0.1, 0.15) is 67.0 Å². The molecule has 23 nitrogen and oxygen atoms in total. The number of alkyl halides is 1. The van der Waals surface area contributed by atoms with Crippen molar-refractivity contribution < 1.29 is 62.9 Å². The summed E-state index contributed by atoms with van der Waals surface area (Å²) in [6.07, 6.45) is 22.9. The monoisotopic (exact) mass is 1490 g/mol. The van der Waals surface area contributed by atoms with Crippen molar-refractivity contribution in [2.45, 2.75) is 224 Å². The van der Waals surface area contributed by atoms with Gasteiger partial charge in [-0.3, -0.25) is 38.4 Å². The molecule has 8 amide bonds. The molecule has 0 aromatic heterocycles. The molecule has 0 saturated heterocycles. The van der Waals surface area contributed by atoms with Crippen LogP contribution in [0.25, 0.3) is 33.4 Å². The van der Waals surface area contributed by atoms with Gasteiger partial charge in [-0.25, -0.2) is 4.58 Å². The van der Waals surface area contributed by atoms with E-state index in [0.717, 1.165) is 86.4 Å². The highest BCUT2D eigenvalue weighted by Crippen LogP contribution is 2.42. The van der Waals surface area contributed by atoms with E-state index >= 15 is 0 Å². The van der Waals surface area contributed by atoms with Crippen molar-refractivity contribution >= 4 is 81.5 Å². The standard InChI is InChI=1S/C83H115ClN10O13/c1-6-7-8-9-10-11-12-14-17-21-24-33-75(98)90-71(52-58-36-43-63(96)44-37-58)82(104)92-70(51-57-34-41-62(95)42-35-57)80(102)88-49-27-22-19-16-13-15-18-20-23-32-74(97)89-69(81(103)91-68(78(85)100)30-25-28-48-86-76(99)56-84)31-26-29-50-87-79(101)59-38-45-64(67(53-59)83(105)106)77-65-46-39-60(93(2)3)54-72(65)107-73-55-61(94(4)5)40-47-66(73)77/h34-47,53-55,68-71H,6-33,48-52,56H2,1-5H3,(H11-,85,86,87,88,89,90,91,92,95,96,97,98,99,100,101,102,103,104,105,106). The smallest absolute Gasteiger partial charge is 0.251 e. The second-order valence-electron chi connectivity index (χ2n) is 28.4. The fourth-order valence-corrected chi connectivity index (χ4v) is 13.1. The van der Waals surface area contributed by atoms with Crippen LogP contribution in [0.5, 0.6) is 11.5 Å². The number of carboxylic acids is 1. The number of carbonyl (C=O) groups excluding carboxylic acids is 9. The van der Waals surface area contributed by atoms with Gasteiger partial charge in [-0.1, -0.05) is 146 Å². The number of unbranched alkanes of at least 4 members (excludes halogenated alkanes) is 20. The van der Waals surface area contributed by atoms with Gasteiger partial charge in [-0.05, 0) is 129 Å². The SMILES string of the molecule is CCCCCCCCCCCCCC(=O)NC(Cc1ccc(O)cc1)C(=O)NC(Cc1ccc(O)cc1)C(=O)NCCCCCCCCCCCC(=O)NC(CCCCNC(=O)c1ccc(-c2c3ccc(=[N+](C)C)cc-3oc3cc(N(C)C)ccc23)c(C(=O)[O-])c1)C(=O)NC(CCCCNC(=O)CCl)C(N)=O. The van der Waals surface area contributed by atoms with Gasteiger partial charge >= 0.3 is 0 Å². The van der Waals surface area contributed by atoms with Crippen molar-refractivity contribution in [3.63, 3.8) is 0 Å². The zero-order valence-electron chi connectivity index (χ0n) is 63.4. The molecule has 4 aromatic carbocycles. The van der Waals surface area contributed by atoms with Crippen LogP contribution in [0.4, 0.5) is 5.69 Å². The highest BCUT2D eigenvalue weighted by Gasteiger charge is 2.30. The van der Waals surface area contributed by atoms with Crippen LogP contribution in [0.1, 0.15) is 219 Å². The van der Waals surface area contributed by atoms with E-state index < -0.39 is 53.8 Å². The molecule has 0 spiro atoms. The summed E-state index contributed by atoms with van der Waals surface area (Å²) in [6.45, 7) is 3.07. The first kappa shape index (κ1) is 86.4. The van der Waals surface area contributed by atoms with Gasteiger partial charge in [0.15, 0.2) is 0 Å². The third-order valence-electron chi connectivity index (χ3n) is 19.3. The van der Waals surface area contributed by atoms with Crippen LogP contribution in [0.3, 0.4) is 0 Å². The molecule has 2 aliphatic rings. The first-order valence-electron chi connectivity index (χ1n) is 38.5. The van der Waals surface area contributed by atoms with Crippen molar-refractivity contribution in [3.05, 3.63) is 131 Å². The molecule has 4 aromatic rings. The van der Waals surface area contributed by atoms with Gasteiger partial charge < -0.3 is 72.4 Å². The summed E-state index contributed by atoms with van der Waals surface area (Å²) in [5.41, 5.74) is 10.1. The zero-order valence-corrected chi connectivity index (χ0v) is 64.2. The van der Waals surface area contributed by atoms with Crippen molar-refractivity contribution in [2.75, 3.05) is 58.6 Å². The van der Waals surface area contributed by atoms with Gasteiger partial charge in [0.25, 0.3) is 5.91 Å². The first-order chi connectivity index (χ1) is 51.5. The molecule has 0 radical (unpaired) electrons. The van der Waals surface area contributed by atoms with Gasteiger partial charge in [-0.15, -0.1) is 11.6 Å². The molecule has 107 heavy (non-hydrogen) atoms. The van der Waals surface area contributed by atoms with E-state index in [9.17, 15) is 58.5 Å². The molecule has 1 aliphatic heterocycles. The predicted octanol–water partition coefficient (Wildman–Crippen LogP) is 10.1. The molecule has 11 N–H and O–H groups in total. The quantitative estimate of drug-likeness (QED) is 0.00735. The Bertz CT molecular complexity index is 3880. The number of primary amides is 1. The van der Waals surface area contributed by atoms with Crippen molar-refractivity contribution in [1.29, 1.82) is 0 Å². The summed E-state index contributed by atoms with van der Waals surface area (Å²) in [5, 5.41) is 54.4. The van der Waals surface area contributed by atoms with E-state index in [1.54, 1.807) is 36.4 Å². The Kier molecular flexibility index (Phi) is 38.1. The Labute approximate surface area is 635 Å². The molecule has 0 fully saturated rings. The average Bonchev–Trinajstić information content (AvgIpc) is 0.744. The van der Waals surface area contributed by atoms with E-state index in [2.05, 4.69) is 44.1 Å². The summed E-state index contributed by atoms with van der Waals surface area (Å²) in [7, 11) is 7.64. The Balaban J connectivity index is 0.957. The lowest BCUT2D eigenvalue weighted by Gasteiger charge is -2.24. The molecule has 582 valence electrons. The van der Waals surface area contributed by atoms with Crippen LogP contribution < -0.4 is 62.9 Å². The number of benzene rings is 5. The zero-order chi connectivity index (χ0) is 77.5. The van der Waals surface area contributed by atoms with E-state index in [4.69, 9.17) is 21.8 Å². The number of nitrogens with one attached hydrogen (secondary N) is 7. The Hall–Kier alpha value is -9.51. The summed E-state index contributed by atoms with van der Waals surface area (Å²) in [4.78, 5) is 122. The minimum absolute atomic E-state index is 0.0669. The third-order valence-corrected chi connectivity index (χ3v) is 19.5. The molecular formula is C83H115ClN10O13. The number of fused-ring (bicyclic) bond motifs is 2. The second-order valence-corrected chi connectivity index (χ2v) is 28.7. The van der Waals surface area contributed by atoms with Gasteiger partial charge in [0.2, 0.25) is 46.7 Å². The molecule has 0 bridgehead atoms. The molecule has 1 aliphatic carbocycles. The number of phenols is 2. The number of hydrogen-bond acceptors (Lipinski definition) is 14. The number of amides is 8. The molecular weight excluding hydrogens is 1380 g/mol. The van der Waals surface area contributed by atoms with E-state index in [1.807, 2.05) is 74.1 Å². The van der Waals surface area contributed by atoms with E-state index in [-0.39, 0.29) is 97.2 Å². The number of nitrogens with two attached hydrogens (primary N) is 1. The summed E-state index contributed by atoms with van der Waals surface area (Å²) >= 11 is 5.59. The minimum Gasteiger partial charge on any atom is -0.545 e. The van der Waals surface area contributed by atoms with E-state index in [0.29, 0.717) is 91.5 Å². The van der Waals surface area contributed by atoms with Crippen LogP contribution >= 0.6 is 11.6 Å². The summed E-state index contributed by atoms with van der Waals surface area (Å²) < 4.78 is 8.37. The van der Waals surface area contributed by atoms with Gasteiger partial charge in [0, 0.05) is 105 Å². The van der Waals surface area contributed by atoms with Crippen molar-refractivity contribution in [1.82, 2.24) is 41.8 Å². The number of aromatic hydroxyl groups is 2. The van der Waals surface area contributed by atoms with Crippen molar-refractivity contribution in [3.8, 4) is 33.9 Å². The number of nitrogens with zero attached hydrogens (tertiary/aromatic N) is 2. The van der Waals surface area contributed by atoms with Crippen LogP contribution in [0.15, 0.2) is 108 Å². The Morgan fingerprint density at radius 2 is 0.981 bits per heavy atom. The fourth-order valence-electron chi connectivity index (χ4n) is 13.0. The topological polar surface area (TPSA) is 347 Å². The fraction of sp³-hybridized carbons (Fsp3) is 0.518. The Morgan fingerprint density at radius 3 is 1.51 bits per heavy atom. The molecule has 4 unspecified atom stereocenters. The molecule has 4 atom stereocenters. The highest BCUT2D eigenvalue weighted by molar-refractivity contribution is 6.27. The van der Waals surface area contributed by atoms with Gasteiger partial charge in [-0.2, -0.15) is 0 Å². The number of carbonyl (C=O) groups is 9. The van der Waals surface area contributed by atoms with E-state index in [1.165, 1.54) is 75.3 Å². The number of hydrogen-bond donors (Lipinski definition) is 10. The number of phenolic OH excluding ortho intramolecular Hbond substituents is 2. The molecule has 6 rings (SSSR count). The average molecular weight is 1500 g/mol. The summed E-state index contributed by atoms with van der Waals surface area (Å²) in [5.74, 6) is -4.68. The minimum atomic E-state index is -1.47. The largest absolute Gasteiger partial charge is 0.545 e. The normalized spacial score (nSPS) is 12.3. The number of halogens is 1. The van der Waals surface area contributed by atoms with Crippen LogP contribution in [0, 0.1) is 0 Å². The maximum Gasteiger partial charge on any atom is 0.251 e. The van der Waals surface area contributed by atoms with Crippen LogP contribution in [-0.2, 0) is 46.4 Å². The van der Waals surface area contributed by atoms with Crippen LogP contribution in [-0.4, -0.2) is 141 Å². The number of rotatable bonds is 51. The maximum absolute atomic E-state index is 14.2. The molecule has 0 saturated carbocycles. The predicted molar refractivity (Wildman–Crippen MR) is 419 cm³/mol.